The van der Waals surface area contributed by atoms with Crippen LogP contribution in [0.5, 0.6) is 0 Å². The number of rotatable bonds is 3. The molecule has 0 saturated carbocycles. The van der Waals surface area contributed by atoms with Crippen LogP contribution in [0.1, 0.15) is 46.2 Å². The molecule has 2 aromatic carbocycles. The number of allylic oxidation sites excluding steroid dienone is 2. The molecule has 0 radical (unpaired) electrons. The van der Waals surface area contributed by atoms with Crippen molar-refractivity contribution in [1.82, 2.24) is 0 Å². The maximum Gasteiger partial charge on any atom is -0.00576 e. The average Bonchev–Trinajstić information content (AvgIpc) is 3.07. The van der Waals surface area contributed by atoms with Crippen molar-refractivity contribution in [3.63, 3.8) is 0 Å². The molecule has 0 heteroatoms. The van der Waals surface area contributed by atoms with Crippen molar-refractivity contribution in [3.8, 4) is 0 Å². The monoisotopic (exact) mass is 286 g/mol. The minimum atomic E-state index is 1.15. The van der Waals surface area contributed by atoms with Gasteiger partial charge in [-0.25, -0.2) is 0 Å². The van der Waals surface area contributed by atoms with Crippen LogP contribution in [-0.4, -0.2) is 0 Å². The molecule has 22 heavy (non-hydrogen) atoms. The van der Waals surface area contributed by atoms with Crippen molar-refractivity contribution in [2.45, 2.75) is 39.5 Å². The van der Waals surface area contributed by atoms with E-state index in [2.05, 4.69) is 62.4 Å². The van der Waals surface area contributed by atoms with E-state index >= 15 is 0 Å². The van der Waals surface area contributed by atoms with Crippen LogP contribution in [0.15, 0.2) is 47.5 Å². The molecule has 0 spiro atoms. The quantitative estimate of drug-likeness (QED) is 0.682. The number of hydrogen-bond acceptors (Lipinski definition) is 0. The molecule has 0 aromatic heterocycles. The molecule has 2 aliphatic rings. The highest BCUT2D eigenvalue weighted by Crippen LogP contribution is 2.33. The third kappa shape index (κ3) is 2.54. The third-order valence-electron chi connectivity index (χ3n) is 4.92. The van der Waals surface area contributed by atoms with E-state index in [9.17, 15) is 0 Å². The fourth-order valence-electron chi connectivity index (χ4n) is 3.73. The van der Waals surface area contributed by atoms with Crippen LogP contribution in [-0.2, 0) is 12.8 Å². The van der Waals surface area contributed by atoms with Crippen LogP contribution in [0.4, 0.5) is 0 Å². The van der Waals surface area contributed by atoms with Gasteiger partial charge in [0.1, 0.15) is 0 Å². The molecule has 0 bridgehead atoms. The molecule has 0 fully saturated rings. The first-order valence-corrected chi connectivity index (χ1v) is 8.25. The molecule has 0 aliphatic heterocycles. The van der Waals surface area contributed by atoms with Gasteiger partial charge in [0.15, 0.2) is 0 Å². The first-order chi connectivity index (χ1) is 10.7. The summed E-state index contributed by atoms with van der Waals surface area (Å²) in [6.07, 6.45) is 9.51. The molecule has 0 saturated heterocycles. The highest BCUT2D eigenvalue weighted by molar-refractivity contribution is 5.66. The molecule has 4 rings (SSSR count). The van der Waals surface area contributed by atoms with Crippen molar-refractivity contribution in [3.05, 3.63) is 80.9 Å². The lowest BCUT2D eigenvalue weighted by Gasteiger charge is -2.04. The van der Waals surface area contributed by atoms with Gasteiger partial charge in [-0.2, -0.15) is 0 Å². The topological polar surface area (TPSA) is 0 Å². The first kappa shape index (κ1) is 13.6. The summed E-state index contributed by atoms with van der Waals surface area (Å²) < 4.78 is 0. The Kier molecular flexibility index (Phi) is 3.26. The SMILES string of the molecule is Cc1ccc2c(c1)CC(CCC1=Cc3ccc(C)cc3C1)=C2. The number of fused-ring (bicyclic) bond motifs is 2. The second kappa shape index (κ2) is 5.28. The van der Waals surface area contributed by atoms with Crippen molar-refractivity contribution in [2.75, 3.05) is 0 Å². The fraction of sp³-hybridized carbons (Fsp3) is 0.273. The van der Waals surface area contributed by atoms with Gasteiger partial charge in [0.05, 0.1) is 0 Å². The van der Waals surface area contributed by atoms with Crippen molar-refractivity contribution in [2.24, 2.45) is 0 Å². The average molecular weight is 286 g/mol. The second-order valence-electron chi connectivity index (χ2n) is 6.86. The van der Waals surface area contributed by atoms with Gasteiger partial charge in [0.2, 0.25) is 0 Å². The standard InChI is InChI=1S/C22H22/c1-15-3-7-19-11-17(13-21(19)9-15)5-6-18-12-20-8-4-16(2)10-22(20)14-18/h3-4,7-12H,5-6,13-14H2,1-2H3. The van der Waals surface area contributed by atoms with Crippen LogP contribution in [0.25, 0.3) is 12.2 Å². The molecule has 0 amide bonds. The van der Waals surface area contributed by atoms with Crippen molar-refractivity contribution in [1.29, 1.82) is 0 Å². The van der Waals surface area contributed by atoms with E-state index in [1.165, 1.54) is 46.2 Å². The summed E-state index contributed by atoms with van der Waals surface area (Å²) in [7, 11) is 0. The highest BCUT2D eigenvalue weighted by atomic mass is 14.2. The Morgan fingerprint density at radius 1 is 0.682 bits per heavy atom. The van der Waals surface area contributed by atoms with Crippen LogP contribution >= 0.6 is 0 Å². The zero-order valence-corrected chi connectivity index (χ0v) is 13.4. The Morgan fingerprint density at radius 2 is 1.14 bits per heavy atom. The zero-order chi connectivity index (χ0) is 15.1. The van der Waals surface area contributed by atoms with Crippen molar-refractivity contribution < 1.29 is 0 Å². The maximum atomic E-state index is 2.40. The smallest absolute Gasteiger partial charge is 0.00576 e. The predicted octanol–water partition coefficient (Wildman–Crippen LogP) is 5.66. The van der Waals surface area contributed by atoms with E-state index in [1.807, 2.05) is 0 Å². The van der Waals surface area contributed by atoms with Crippen LogP contribution < -0.4 is 0 Å². The summed E-state index contributed by atoms with van der Waals surface area (Å²) >= 11 is 0. The zero-order valence-electron chi connectivity index (χ0n) is 13.4. The van der Waals surface area contributed by atoms with Gasteiger partial charge in [-0.15, -0.1) is 0 Å². The molecule has 0 unspecified atom stereocenters. The summed E-state index contributed by atoms with van der Waals surface area (Å²) in [5, 5.41) is 0. The molecule has 0 atom stereocenters. The Morgan fingerprint density at radius 3 is 1.59 bits per heavy atom. The lowest BCUT2D eigenvalue weighted by Crippen LogP contribution is -1.90. The first-order valence-electron chi connectivity index (χ1n) is 8.25. The minimum absolute atomic E-state index is 1.15. The normalized spacial score (nSPS) is 15.4. The molecule has 0 nitrogen and oxygen atoms in total. The van der Waals surface area contributed by atoms with E-state index in [-0.39, 0.29) is 0 Å². The van der Waals surface area contributed by atoms with Gasteiger partial charge in [0, 0.05) is 0 Å². The van der Waals surface area contributed by atoms with Crippen LogP contribution in [0.2, 0.25) is 0 Å². The van der Waals surface area contributed by atoms with Gasteiger partial charge in [-0.1, -0.05) is 70.8 Å². The molecule has 2 aromatic rings. The van der Waals surface area contributed by atoms with E-state index in [0.717, 1.165) is 12.8 Å². The van der Waals surface area contributed by atoms with E-state index in [4.69, 9.17) is 0 Å². The van der Waals surface area contributed by atoms with E-state index in [0.29, 0.717) is 0 Å². The molecular formula is C22H22. The van der Waals surface area contributed by atoms with Crippen LogP contribution in [0.3, 0.4) is 0 Å². The van der Waals surface area contributed by atoms with Gasteiger partial charge < -0.3 is 0 Å². The predicted molar refractivity (Wildman–Crippen MR) is 95.0 cm³/mol. The minimum Gasteiger partial charge on any atom is -0.0649 e. The summed E-state index contributed by atoms with van der Waals surface area (Å²) in [6.45, 7) is 4.36. The summed E-state index contributed by atoms with van der Waals surface area (Å²) in [5.41, 5.74) is 11.8. The Labute approximate surface area is 133 Å². The lowest BCUT2D eigenvalue weighted by atomic mass is 10.0. The molecule has 110 valence electrons. The Balaban J connectivity index is 1.42. The molecular weight excluding hydrogens is 264 g/mol. The number of benzene rings is 2. The fourth-order valence-corrected chi connectivity index (χ4v) is 3.73. The van der Waals surface area contributed by atoms with Gasteiger partial charge >= 0.3 is 0 Å². The second-order valence-corrected chi connectivity index (χ2v) is 6.86. The van der Waals surface area contributed by atoms with Crippen LogP contribution in [0, 0.1) is 13.8 Å². The molecule has 2 aliphatic carbocycles. The van der Waals surface area contributed by atoms with Gasteiger partial charge in [0.25, 0.3) is 0 Å². The van der Waals surface area contributed by atoms with Gasteiger partial charge in [-0.3, -0.25) is 0 Å². The summed E-state index contributed by atoms with van der Waals surface area (Å²) in [6, 6.07) is 13.7. The van der Waals surface area contributed by atoms with Gasteiger partial charge in [-0.05, 0) is 61.8 Å². The van der Waals surface area contributed by atoms with E-state index < -0.39 is 0 Å². The molecule has 0 heterocycles. The summed E-state index contributed by atoms with van der Waals surface area (Å²) in [4.78, 5) is 0. The number of hydrogen-bond donors (Lipinski definition) is 0. The number of aryl methyl sites for hydroxylation is 2. The third-order valence-corrected chi connectivity index (χ3v) is 4.92. The summed E-state index contributed by atoms with van der Waals surface area (Å²) in [5.74, 6) is 0. The molecule has 0 N–H and O–H groups in total. The lowest BCUT2D eigenvalue weighted by molar-refractivity contribution is 0.886. The highest BCUT2D eigenvalue weighted by Gasteiger charge is 2.16. The maximum absolute atomic E-state index is 2.40. The Bertz CT molecular complexity index is 733. The largest absolute Gasteiger partial charge is 0.0649 e. The van der Waals surface area contributed by atoms with E-state index in [1.54, 1.807) is 11.1 Å². The Hall–Kier alpha value is -2.08. The van der Waals surface area contributed by atoms with Crippen molar-refractivity contribution >= 4 is 12.2 Å².